The van der Waals surface area contributed by atoms with E-state index in [-0.39, 0.29) is 12.1 Å². The summed E-state index contributed by atoms with van der Waals surface area (Å²) in [6.07, 6.45) is 3.03. The molecule has 0 aromatic heterocycles. The molecular weight excluding hydrogens is 142 g/mol. The molecule has 0 aromatic carbocycles. The Morgan fingerprint density at radius 1 is 1.64 bits per heavy atom. The summed E-state index contributed by atoms with van der Waals surface area (Å²) in [5.74, 6) is 0.552. The van der Waals surface area contributed by atoms with Crippen molar-refractivity contribution in [3.63, 3.8) is 0 Å². The molecule has 2 rings (SSSR count). The van der Waals surface area contributed by atoms with Crippen LogP contribution in [0.3, 0.4) is 0 Å². The van der Waals surface area contributed by atoms with Crippen molar-refractivity contribution in [1.82, 2.24) is 5.32 Å². The fourth-order valence-corrected chi connectivity index (χ4v) is 1.12. The van der Waals surface area contributed by atoms with E-state index in [0.717, 1.165) is 0 Å². The van der Waals surface area contributed by atoms with Gasteiger partial charge >= 0.3 is 0 Å². The molecule has 1 unspecified atom stereocenters. The highest BCUT2D eigenvalue weighted by Gasteiger charge is 2.26. The van der Waals surface area contributed by atoms with Crippen molar-refractivity contribution in [2.45, 2.75) is 13.1 Å². The molecule has 0 fully saturated rings. The van der Waals surface area contributed by atoms with Crippen LogP contribution in [0.5, 0.6) is 0 Å². The Labute approximate surface area is 63.7 Å². The first-order chi connectivity index (χ1) is 5.27. The van der Waals surface area contributed by atoms with Gasteiger partial charge in [-0.3, -0.25) is 9.79 Å². The van der Waals surface area contributed by atoms with Gasteiger partial charge in [0.1, 0.15) is 5.84 Å². The van der Waals surface area contributed by atoms with Crippen molar-refractivity contribution in [3.8, 4) is 0 Å². The lowest BCUT2D eigenvalue weighted by Crippen LogP contribution is -2.37. The van der Waals surface area contributed by atoms with Gasteiger partial charge in [-0.25, -0.2) is 4.99 Å². The Morgan fingerprint density at radius 2 is 2.45 bits per heavy atom. The maximum absolute atomic E-state index is 11.1. The Hall–Kier alpha value is -1.45. The van der Waals surface area contributed by atoms with Gasteiger partial charge in [-0.2, -0.15) is 0 Å². The van der Waals surface area contributed by atoms with Crippen LogP contribution in [0, 0.1) is 0 Å². The second-order valence-corrected chi connectivity index (χ2v) is 2.46. The second-order valence-electron chi connectivity index (χ2n) is 2.46. The Bertz CT molecular complexity index is 301. The van der Waals surface area contributed by atoms with Crippen LogP contribution in [0.25, 0.3) is 0 Å². The number of nitrogens with one attached hydrogen (secondary N) is 1. The van der Waals surface area contributed by atoms with E-state index in [0.29, 0.717) is 11.4 Å². The monoisotopic (exact) mass is 149 g/mol. The molecule has 0 aliphatic carbocycles. The smallest absolute Gasteiger partial charge is 0.256 e. The SMILES string of the molecule is CC1=NC2N=CC=C2C(=O)N1. The summed E-state index contributed by atoms with van der Waals surface area (Å²) < 4.78 is 0. The molecular formula is C7H7N3O. The van der Waals surface area contributed by atoms with Crippen molar-refractivity contribution in [3.05, 3.63) is 11.6 Å². The number of hydrogen-bond donors (Lipinski definition) is 1. The zero-order chi connectivity index (χ0) is 7.84. The number of carbonyl (C=O) groups excluding carboxylic acids is 1. The average molecular weight is 149 g/mol. The van der Waals surface area contributed by atoms with Crippen LogP contribution in [-0.4, -0.2) is 24.1 Å². The highest BCUT2D eigenvalue weighted by Crippen LogP contribution is 2.16. The molecule has 4 heteroatoms. The minimum atomic E-state index is -0.274. The third-order valence-electron chi connectivity index (χ3n) is 1.63. The van der Waals surface area contributed by atoms with Gasteiger partial charge in [-0.15, -0.1) is 0 Å². The first-order valence-electron chi connectivity index (χ1n) is 3.36. The number of allylic oxidation sites excluding steroid dienone is 1. The predicted molar refractivity (Wildman–Crippen MR) is 41.6 cm³/mol. The highest BCUT2D eigenvalue weighted by atomic mass is 16.2. The van der Waals surface area contributed by atoms with Crippen LogP contribution in [0.4, 0.5) is 0 Å². The van der Waals surface area contributed by atoms with Gasteiger partial charge in [0.05, 0.1) is 5.57 Å². The number of aliphatic imine (C=N–C) groups is 2. The Balaban J connectivity index is 2.42. The normalized spacial score (nSPS) is 27.4. The van der Waals surface area contributed by atoms with Crippen LogP contribution in [0.2, 0.25) is 0 Å². The number of rotatable bonds is 0. The van der Waals surface area contributed by atoms with Crippen LogP contribution in [0.1, 0.15) is 6.92 Å². The summed E-state index contributed by atoms with van der Waals surface area (Å²) in [5.41, 5.74) is 0.635. The molecule has 2 aliphatic heterocycles. The first-order valence-corrected chi connectivity index (χ1v) is 3.36. The predicted octanol–water partition coefficient (Wildman–Crippen LogP) is -0.129. The van der Waals surface area contributed by atoms with Crippen molar-refractivity contribution in [1.29, 1.82) is 0 Å². The molecule has 56 valence electrons. The number of hydrogen-bond acceptors (Lipinski definition) is 3. The van der Waals surface area contributed by atoms with Crippen molar-refractivity contribution in [2.75, 3.05) is 0 Å². The van der Waals surface area contributed by atoms with Gasteiger partial charge in [0.2, 0.25) is 0 Å². The fraction of sp³-hybridized carbons (Fsp3) is 0.286. The van der Waals surface area contributed by atoms with E-state index in [9.17, 15) is 4.79 Å². The van der Waals surface area contributed by atoms with Crippen LogP contribution in [0.15, 0.2) is 21.6 Å². The Morgan fingerprint density at radius 3 is 3.27 bits per heavy atom. The largest absolute Gasteiger partial charge is 0.311 e. The van der Waals surface area contributed by atoms with E-state index in [1.165, 1.54) is 0 Å². The number of carbonyl (C=O) groups is 1. The minimum absolute atomic E-state index is 0.0833. The third-order valence-corrected chi connectivity index (χ3v) is 1.63. The molecule has 1 atom stereocenters. The summed E-state index contributed by atoms with van der Waals surface area (Å²) in [4.78, 5) is 19.3. The molecule has 4 nitrogen and oxygen atoms in total. The van der Waals surface area contributed by atoms with E-state index in [1.54, 1.807) is 19.2 Å². The fourth-order valence-electron chi connectivity index (χ4n) is 1.12. The second kappa shape index (κ2) is 2.02. The van der Waals surface area contributed by atoms with Gasteiger partial charge in [0.15, 0.2) is 6.17 Å². The quantitative estimate of drug-likeness (QED) is 0.512. The topological polar surface area (TPSA) is 53.8 Å². The summed E-state index contributed by atoms with van der Waals surface area (Å²) in [6.45, 7) is 1.75. The van der Waals surface area contributed by atoms with Gasteiger partial charge in [0.25, 0.3) is 5.91 Å². The van der Waals surface area contributed by atoms with Crippen molar-refractivity contribution < 1.29 is 4.79 Å². The molecule has 0 saturated heterocycles. The number of amidine groups is 1. The number of amides is 1. The van der Waals surface area contributed by atoms with Crippen LogP contribution in [-0.2, 0) is 4.79 Å². The van der Waals surface area contributed by atoms with Gasteiger partial charge < -0.3 is 5.32 Å². The van der Waals surface area contributed by atoms with Crippen LogP contribution >= 0.6 is 0 Å². The third kappa shape index (κ3) is 0.869. The lowest BCUT2D eigenvalue weighted by Gasteiger charge is -2.15. The van der Waals surface area contributed by atoms with E-state index in [4.69, 9.17) is 0 Å². The lowest BCUT2D eigenvalue weighted by molar-refractivity contribution is -0.116. The molecule has 0 spiro atoms. The van der Waals surface area contributed by atoms with Crippen molar-refractivity contribution in [2.24, 2.45) is 9.98 Å². The molecule has 2 heterocycles. The molecule has 1 N–H and O–H groups in total. The van der Waals surface area contributed by atoms with E-state index in [2.05, 4.69) is 15.3 Å². The molecule has 0 aromatic rings. The van der Waals surface area contributed by atoms with Gasteiger partial charge in [-0.1, -0.05) is 0 Å². The number of fused-ring (bicyclic) bond motifs is 1. The summed E-state index contributed by atoms with van der Waals surface area (Å²) >= 11 is 0. The van der Waals surface area contributed by atoms with Gasteiger partial charge in [-0.05, 0) is 13.0 Å². The minimum Gasteiger partial charge on any atom is -0.311 e. The summed E-state index contributed by atoms with van der Waals surface area (Å²) in [5, 5.41) is 2.61. The molecule has 0 radical (unpaired) electrons. The summed E-state index contributed by atoms with van der Waals surface area (Å²) in [7, 11) is 0. The standard InChI is InChI=1S/C7H7N3O/c1-4-9-6-5(2-3-8-6)7(11)10-4/h2-3,6H,1H3,(H,9,10,11). The highest BCUT2D eigenvalue weighted by molar-refractivity contribution is 6.11. The molecule has 0 saturated carbocycles. The zero-order valence-electron chi connectivity index (χ0n) is 6.03. The van der Waals surface area contributed by atoms with Crippen molar-refractivity contribution >= 4 is 18.0 Å². The maximum Gasteiger partial charge on any atom is 0.256 e. The van der Waals surface area contributed by atoms with E-state index < -0.39 is 0 Å². The molecule has 11 heavy (non-hydrogen) atoms. The maximum atomic E-state index is 11.1. The van der Waals surface area contributed by atoms with Crippen LogP contribution < -0.4 is 5.32 Å². The van der Waals surface area contributed by atoms with E-state index >= 15 is 0 Å². The molecule has 2 aliphatic rings. The average Bonchev–Trinajstić information content (AvgIpc) is 2.34. The Kier molecular flexibility index (Phi) is 1.15. The van der Waals surface area contributed by atoms with E-state index in [1.807, 2.05) is 0 Å². The molecule has 0 bridgehead atoms. The number of nitrogens with zero attached hydrogens (tertiary/aromatic N) is 2. The molecule has 1 amide bonds. The zero-order valence-corrected chi connectivity index (χ0v) is 6.03. The summed E-state index contributed by atoms with van der Waals surface area (Å²) in [6, 6.07) is 0. The van der Waals surface area contributed by atoms with Gasteiger partial charge in [0, 0.05) is 6.21 Å². The lowest BCUT2D eigenvalue weighted by atomic mass is 10.2. The first kappa shape index (κ1) is 6.27.